The molecule has 0 aliphatic heterocycles. The van der Waals surface area contributed by atoms with Gasteiger partial charge in [-0.1, -0.05) is 24.3 Å². The van der Waals surface area contributed by atoms with Crippen LogP contribution in [0.1, 0.15) is 43.2 Å². The third-order valence-corrected chi connectivity index (χ3v) is 8.96. The Morgan fingerprint density at radius 2 is 1.00 bits per heavy atom. The number of anilines is 2. The van der Waals surface area contributed by atoms with Gasteiger partial charge in [-0.2, -0.15) is 0 Å². The highest BCUT2D eigenvalue weighted by Crippen LogP contribution is 2.34. The number of methoxy groups -OCH3 is 6. The third-order valence-electron chi connectivity index (χ3n) is 8.96. The molecule has 4 aromatic rings. The second-order valence-corrected chi connectivity index (χ2v) is 12.5. The topological polar surface area (TPSA) is 198 Å². The number of nitrogens with one attached hydrogen (secondary N) is 4. The number of amides is 2. The molecule has 0 aliphatic carbocycles. The largest absolute Gasteiger partial charge is 0.496 e. The summed E-state index contributed by atoms with van der Waals surface area (Å²) >= 11 is 0. The number of nitrogens with zero attached hydrogens (tertiary/aromatic N) is 2. The van der Waals surface area contributed by atoms with Gasteiger partial charge in [0.15, 0.2) is 0 Å². The summed E-state index contributed by atoms with van der Waals surface area (Å²) in [4.78, 5) is 59.7. The van der Waals surface area contributed by atoms with Crippen molar-refractivity contribution in [3.63, 3.8) is 0 Å². The molecule has 0 bridgehead atoms. The lowest BCUT2D eigenvalue weighted by Gasteiger charge is -2.18. The van der Waals surface area contributed by atoms with Gasteiger partial charge < -0.3 is 39.1 Å². The predicted molar refractivity (Wildman–Crippen MR) is 208 cm³/mol. The van der Waals surface area contributed by atoms with Crippen LogP contribution >= 0.6 is 0 Å². The molecule has 0 radical (unpaired) electrons. The van der Waals surface area contributed by atoms with E-state index in [0.29, 0.717) is 34.0 Å². The molecule has 2 amide bonds. The van der Waals surface area contributed by atoms with Gasteiger partial charge in [0.25, 0.3) is 11.8 Å². The lowest BCUT2D eigenvalue weighted by molar-refractivity contribution is -0.145. The number of aromatic nitrogens is 2. The average Bonchev–Trinajstić information content (AvgIpc) is 3.21. The van der Waals surface area contributed by atoms with Crippen molar-refractivity contribution in [3.8, 4) is 22.6 Å². The first kappa shape index (κ1) is 42.8. The van der Waals surface area contributed by atoms with E-state index < -0.39 is 35.8 Å². The molecule has 2 aromatic heterocycles. The molecule has 16 nitrogen and oxygen atoms in total. The predicted octanol–water partition coefficient (Wildman–Crippen LogP) is 3.84. The normalized spacial score (nSPS) is 11.9. The van der Waals surface area contributed by atoms with Crippen molar-refractivity contribution in [3.05, 3.63) is 94.6 Å². The van der Waals surface area contributed by atoms with Crippen LogP contribution in [0.2, 0.25) is 0 Å². The van der Waals surface area contributed by atoms with Crippen molar-refractivity contribution in [1.82, 2.24) is 20.6 Å². The van der Waals surface area contributed by atoms with Crippen LogP contribution in [0.25, 0.3) is 11.1 Å². The van der Waals surface area contributed by atoms with E-state index in [4.69, 9.17) is 28.4 Å². The van der Waals surface area contributed by atoms with Crippen LogP contribution in [-0.2, 0) is 41.6 Å². The number of hydrogen-bond donors (Lipinski definition) is 4. The molecule has 2 atom stereocenters. The summed E-state index contributed by atoms with van der Waals surface area (Å²) in [6, 6.07) is 12.8. The first-order valence-electron chi connectivity index (χ1n) is 17.5. The Labute approximate surface area is 325 Å². The van der Waals surface area contributed by atoms with E-state index in [1.807, 2.05) is 38.1 Å². The molecule has 0 unspecified atom stereocenters. The van der Waals surface area contributed by atoms with Gasteiger partial charge in [0, 0.05) is 74.3 Å². The van der Waals surface area contributed by atoms with Gasteiger partial charge in [0.1, 0.15) is 35.0 Å². The maximum atomic E-state index is 13.4. The minimum absolute atomic E-state index is 0.110. The van der Waals surface area contributed by atoms with Crippen LogP contribution in [0, 0.1) is 13.8 Å². The SMILES string of the molecule is COC[C@H](NCc1cnc(C(=O)Nc2cccc(-c3cccc(NC(=O)c4cc(OC)c(CN[C@@H](COC)C(=O)OC)cn4)c3C)c2C)cc1OC)C(=O)OC. The summed E-state index contributed by atoms with van der Waals surface area (Å²) in [6.45, 7) is 4.44. The van der Waals surface area contributed by atoms with E-state index in [1.54, 1.807) is 12.1 Å². The minimum Gasteiger partial charge on any atom is -0.496 e. The molecule has 2 heterocycles. The number of rotatable bonds is 19. The highest BCUT2D eigenvalue weighted by molar-refractivity contribution is 6.05. The van der Waals surface area contributed by atoms with Crippen LogP contribution in [-0.4, -0.2) is 102 Å². The lowest BCUT2D eigenvalue weighted by Crippen LogP contribution is -2.40. The van der Waals surface area contributed by atoms with Gasteiger partial charge in [-0.3, -0.25) is 39.8 Å². The van der Waals surface area contributed by atoms with Gasteiger partial charge in [0.05, 0.1) is 41.7 Å². The number of benzene rings is 2. The van der Waals surface area contributed by atoms with Crippen molar-refractivity contribution < 1.29 is 47.6 Å². The molecule has 0 saturated carbocycles. The quantitative estimate of drug-likeness (QED) is 0.100. The summed E-state index contributed by atoms with van der Waals surface area (Å²) in [5.74, 6) is -1.02. The van der Waals surface area contributed by atoms with E-state index in [9.17, 15) is 19.2 Å². The van der Waals surface area contributed by atoms with Crippen LogP contribution in [0.4, 0.5) is 11.4 Å². The molecule has 0 fully saturated rings. The summed E-state index contributed by atoms with van der Waals surface area (Å²) in [5, 5.41) is 12.0. The van der Waals surface area contributed by atoms with Crippen molar-refractivity contribution in [2.75, 3.05) is 66.5 Å². The fourth-order valence-corrected chi connectivity index (χ4v) is 5.83. The average molecular weight is 773 g/mol. The number of hydrogen-bond acceptors (Lipinski definition) is 14. The Kier molecular flexibility index (Phi) is 15.8. The minimum atomic E-state index is -0.697. The maximum Gasteiger partial charge on any atom is 0.325 e. The molecule has 0 saturated heterocycles. The number of pyridine rings is 2. The molecular formula is C40H48N6O10. The van der Waals surface area contributed by atoms with Gasteiger partial charge in [0.2, 0.25) is 0 Å². The standard InChI is InChI=1S/C40H48N6O10/c1-23-27(11-9-13-29(23)45-37(47)31-15-35(53-5)25(17-41-31)19-43-33(21-51-3)39(49)55-7)28-12-10-14-30(24(28)2)46-38(48)32-16-36(54-6)26(18-42-32)20-44-34(22-52-4)40(50)56-8/h9-18,33-34,43-44H,19-22H2,1-8H3,(H,45,47)(H,46,48)/t33-,34-/m0/s1. The molecular weight excluding hydrogens is 724 g/mol. The first-order chi connectivity index (χ1) is 27.0. The van der Waals surface area contributed by atoms with Gasteiger partial charge in [-0.25, -0.2) is 0 Å². The molecule has 298 valence electrons. The Hall–Kier alpha value is -5.94. The van der Waals surface area contributed by atoms with E-state index in [2.05, 4.69) is 31.2 Å². The fourth-order valence-electron chi connectivity index (χ4n) is 5.83. The summed E-state index contributed by atoms with van der Waals surface area (Å²) < 4.78 is 30.9. The second-order valence-electron chi connectivity index (χ2n) is 12.5. The molecule has 4 N–H and O–H groups in total. The van der Waals surface area contributed by atoms with E-state index >= 15 is 0 Å². The zero-order valence-electron chi connectivity index (χ0n) is 32.7. The Bertz CT molecular complexity index is 1880. The summed E-state index contributed by atoms with van der Waals surface area (Å²) in [6.07, 6.45) is 3.02. The molecule has 2 aromatic carbocycles. The van der Waals surface area contributed by atoms with E-state index in [0.717, 1.165) is 22.3 Å². The van der Waals surface area contributed by atoms with E-state index in [-0.39, 0.29) is 37.7 Å². The summed E-state index contributed by atoms with van der Waals surface area (Å²) in [5.41, 5.74) is 5.92. The van der Waals surface area contributed by atoms with E-state index in [1.165, 1.54) is 67.2 Å². The zero-order valence-corrected chi connectivity index (χ0v) is 32.7. The first-order valence-corrected chi connectivity index (χ1v) is 17.5. The Balaban J connectivity index is 1.49. The second kappa shape index (κ2) is 20.7. The van der Waals surface area contributed by atoms with Gasteiger partial charge >= 0.3 is 11.9 Å². The lowest BCUT2D eigenvalue weighted by atomic mass is 9.94. The highest BCUT2D eigenvalue weighted by Gasteiger charge is 2.22. The highest BCUT2D eigenvalue weighted by atomic mass is 16.5. The molecule has 4 rings (SSSR count). The van der Waals surface area contributed by atoms with Crippen molar-refractivity contribution >= 4 is 35.1 Å². The van der Waals surface area contributed by atoms with Crippen LogP contribution < -0.4 is 30.7 Å². The number of carbonyl (C=O) groups excluding carboxylic acids is 4. The van der Waals surface area contributed by atoms with Crippen molar-refractivity contribution in [1.29, 1.82) is 0 Å². The smallest absolute Gasteiger partial charge is 0.325 e. The third kappa shape index (κ3) is 10.6. The Morgan fingerprint density at radius 3 is 1.34 bits per heavy atom. The van der Waals surface area contributed by atoms with Crippen molar-refractivity contribution in [2.45, 2.75) is 39.0 Å². The Morgan fingerprint density at radius 1 is 0.607 bits per heavy atom. The van der Waals surface area contributed by atoms with Crippen LogP contribution in [0.15, 0.2) is 60.9 Å². The van der Waals surface area contributed by atoms with Crippen LogP contribution in [0.3, 0.4) is 0 Å². The molecule has 0 spiro atoms. The fraction of sp³-hybridized carbons (Fsp3) is 0.350. The number of carbonyl (C=O) groups is 4. The molecule has 56 heavy (non-hydrogen) atoms. The molecule has 0 aliphatic rings. The van der Waals surface area contributed by atoms with Crippen molar-refractivity contribution in [2.24, 2.45) is 0 Å². The van der Waals surface area contributed by atoms with Gasteiger partial charge in [-0.15, -0.1) is 0 Å². The summed E-state index contributed by atoms with van der Waals surface area (Å²) in [7, 11) is 8.53. The zero-order chi connectivity index (χ0) is 40.8. The maximum absolute atomic E-state index is 13.4. The molecule has 16 heteroatoms. The number of ether oxygens (including phenoxy) is 6. The monoisotopic (exact) mass is 772 g/mol. The number of esters is 2. The van der Waals surface area contributed by atoms with Crippen LogP contribution in [0.5, 0.6) is 11.5 Å². The van der Waals surface area contributed by atoms with Gasteiger partial charge in [-0.05, 0) is 48.2 Å².